The fraction of sp³-hybridized carbons (Fsp3) is 0.688. The van der Waals surface area contributed by atoms with E-state index in [2.05, 4.69) is 30.6 Å². The smallest absolute Gasteiger partial charge is 0.310 e. The van der Waals surface area contributed by atoms with Crippen LogP contribution in [0.2, 0.25) is 0 Å². The second-order valence-corrected chi connectivity index (χ2v) is 20.1. The van der Waals surface area contributed by atoms with Gasteiger partial charge in [0.05, 0.1) is 12.8 Å². The third-order valence-corrected chi connectivity index (χ3v) is 16.2. The van der Waals surface area contributed by atoms with E-state index in [-0.39, 0.29) is 66.1 Å². The zero-order valence-electron chi connectivity index (χ0n) is 35.8. The molecule has 0 spiro atoms. The standard InChI is InChI=1S/C48H66Cl4N2O6/c1-32(4-17-44(55)56)40-15-16-41-39-14-9-35-30-38(59-45(57)28-33-5-10-36(11-6-33)53(24-20-49)25-21-50)18-19-47(35,2)42(39)31-43(48(40,41)3)60-46(58)29-34-7-12-37(13-8-34)54(26-22-51)27-23-52/h5-8,10-13,32,35,38-43H,4,9,14-31H2,1-3H3,(H,55,56)/t32-,35-,38-,39-,40+,41-,42-,43-,47-,48+/m0/s1. The van der Waals surface area contributed by atoms with Crippen LogP contribution in [0.5, 0.6) is 0 Å². The summed E-state index contributed by atoms with van der Waals surface area (Å²) in [4.78, 5) is 43.3. The molecule has 0 radical (unpaired) electrons. The lowest BCUT2D eigenvalue weighted by molar-refractivity contribution is -0.199. The van der Waals surface area contributed by atoms with Gasteiger partial charge >= 0.3 is 17.9 Å². The molecule has 4 fully saturated rings. The molecule has 4 aliphatic rings. The molecule has 0 heterocycles. The number of nitrogens with zero attached hydrogens (tertiary/aromatic N) is 2. The van der Waals surface area contributed by atoms with Crippen molar-refractivity contribution in [3.8, 4) is 0 Å². The third kappa shape index (κ3) is 10.7. The topological polar surface area (TPSA) is 96.4 Å². The summed E-state index contributed by atoms with van der Waals surface area (Å²) in [6, 6.07) is 16.1. The molecule has 1 N–H and O–H groups in total. The Morgan fingerprint density at radius 3 is 1.77 bits per heavy atom. The molecule has 10 atom stereocenters. The maximum absolute atomic E-state index is 14.0. The van der Waals surface area contributed by atoms with Gasteiger partial charge in [0.15, 0.2) is 0 Å². The number of halogens is 4. The van der Waals surface area contributed by atoms with Crippen LogP contribution in [-0.2, 0) is 36.7 Å². The van der Waals surface area contributed by atoms with Crippen LogP contribution in [0.3, 0.4) is 0 Å². The second kappa shape index (κ2) is 21.3. The molecule has 332 valence electrons. The van der Waals surface area contributed by atoms with E-state index in [1.54, 1.807) is 0 Å². The fourth-order valence-electron chi connectivity index (χ4n) is 12.5. The lowest BCUT2D eigenvalue weighted by atomic mass is 9.43. The number of ether oxygens (including phenoxy) is 2. The lowest BCUT2D eigenvalue weighted by Gasteiger charge is -2.62. The molecule has 0 aliphatic heterocycles. The highest BCUT2D eigenvalue weighted by Crippen LogP contribution is 2.69. The second-order valence-electron chi connectivity index (χ2n) is 18.6. The van der Waals surface area contributed by atoms with E-state index in [0.717, 1.165) is 73.9 Å². The number of anilines is 2. The molecule has 8 nitrogen and oxygen atoms in total. The van der Waals surface area contributed by atoms with Crippen molar-refractivity contribution in [3.05, 3.63) is 59.7 Å². The van der Waals surface area contributed by atoms with Crippen LogP contribution in [-0.4, -0.2) is 84.9 Å². The van der Waals surface area contributed by atoms with Gasteiger partial charge in [-0.1, -0.05) is 45.0 Å². The highest BCUT2D eigenvalue weighted by molar-refractivity contribution is 6.19. The molecule has 0 amide bonds. The number of fused-ring (bicyclic) bond motifs is 5. The van der Waals surface area contributed by atoms with Crippen molar-refractivity contribution in [3.63, 3.8) is 0 Å². The first-order valence-corrected chi connectivity index (χ1v) is 24.5. The number of benzene rings is 2. The van der Waals surface area contributed by atoms with Gasteiger partial charge in [0.1, 0.15) is 12.2 Å². The molecule has 0 saturated heterocycles. The first kappa shape index (κ1) is 47.1. The van der Waals surface area contributed by atoms with Crippen molar-refractivity contribution in [2.45, 2.75) is 110 Å². The van der Waals surface area contributed by atoms with Gasteiger partial charge in [-0.3, -0.25) is 14.4 Å². The molecule has 0 aromatic heterocycles. The van der Waals surface area contributed by atoms with Gasteiger partial charge in [0.25, 0.3) is 0 Å². The molecular formula is C48H66Cl4N2O6. The minimum Gasteiger partial charge on any atom is -0.481 e. The van der Waals surface area contributed by atoms with E-state index in [4.69, 9.17) is 55.9 Å². The highest BCUT2D eigenvalue weighted by atomic mass is 35.5. The maximum Gasteiger partial charge on any atom is 0.310 e. The van der Waals surface area contributed by atoms with Gasteiger partial charge in [0, 0.05) is 72.9 Å². The van der Waals surface area contributed by atoms with Gasteiger partial charge in [-0.2, -0.15) is 0 Å². The molecule has 2 aromatic carbocycles. The minimum absolute atomic E-state index is 0.0480. The fourth-order valence-corrected chi connectivity index (χ4v) is 13.3. The molecule has 60 heavy (non-hydrogen) atoms. The van der Waals surface area contributed by atoms with Crippen LogP contribution in [0.25, 0.3) is 0 Å². The van der Waals surface area contributed by atoms with Crippen LogP contribution < -0.4 is 9.80 Å². The number of alkyl halides is 4. The van der Waals surface area contributed by atoms with E-state index >= 15 is 0 Å². The molecule has 4 saturated carbocycles. The maximum atomic E-state index is 14.0. The van der Waals surface area contributed by atoms with Gasteiger partial charge < -0.3 is 24.4 Å². The summed E-state index contributed by atoms with van der Waals surface area (Å²) in [6.45, 7) is 9.84. The van der Waals surface area contributed by atoms with Crippen LogP contribution in [0.4, 0.5) is 11.4 Å². The van der Waals surface area contributed by atoms with Gasteiger partial charge in [-0.25, -0.2) is 0 Å². The van der Waals surface area contributed by atoms with Gasteiger partial charge in [-0.05, 0) is 134 Å². The van der Waals surface area contributed by atoms with E-state index in [9.17, 15) is 19.5 Å². The summed E-state index contributed by atoms with van der Waals surface area (Å²) in [5.41, 5.74) is 3.70. The predicted molar refractivity (Wildman–Crippen MR) is 244 cm³/mol. The van der Waals surface area contributed by atoms with Gasteiger partial charge in [-0.15, -0.1) is 46.4 Å². The monoisotopic (exact) mass is 906 g/mol. The zero-order chi connectivity index (χ0) is 43.0. The Labute approximate surface area is 378 Å². The molecule has 0 bridgehead atoms. The average Bonchev–Trinajstić information content (AvgIpc) is 3.59. The average molecular weight is 909 g/mol. The predicted octanol–water partition coefficient (Wildman–Crippen LogP) is 10.6. The summed E-state index contributed by atoms with van der Waals surface area (Å²) in [7, 11) is 0. The third-order valence-electron chi connectivity index (χ3n) is 15.6. The van der Waals surface area contributed by atoms with Gasteiger partial charge in [0.2, 0.25) is 0 Å². The van der Waals surface area contributed by atoms with Crippen molar-refractivity contribution in [2.75, 3.05) is 59.5 Å². The molecule has 12 heteroatoms. The van der Waals surface area contributed by atoms with Crippen molar-refractivity contribution in [2.24, 2.45) is 46.3 Å². The normalized spacial score (nSPS) is 30.0. The van der Waals surface area contributed by atoms with Crippen LogP contribution in [0, 0.1) is 46.3 Å². The first-order valence-electron chi connectivity index (χ1n) is 22.4. The molecule has 2 aromatic rings. The largest absolute Gasteiger partial charge is 0.481 e. The van der Waals surface area contributed by atoms with Crippen LogP contribution in [0.15, 0.2) is 48.5 Å². The SMILES string of the molecule is C[C@@H](CCC(=O)O)[C@H]1CC[C@H]2[C@@H]3CC[C@H]4C[C@@H](OC(=O)Cc5ccc(N(CCCl)CCCl)cc5)CC[C@]4(C)[C@H]3C[C@H](OC(=O)Cc3ccc(N(CCCl)CCCl)cc3)[C@]12C. The number of aliphatic carboxylic acids is 1. The number of hydrogen-bond acceptors (Lipinski definition) is 7. The minimum atomic E-state index is -0.761. The molecular weight excluding hydrogens is 842 g/mol. The number of carbonyl (C=O) groups is 3. The number of carboxylic acid groups (broad SMARTS) is 1. The number of rotatable bonds is 20. The Bertz CT molecular complexity index is 1720. The van der Waals surface area contributed by atoms with E-state index in [1.807, 2.05) is 48.5 Å². The summed E-state index contributed by atoms with van der Waals surface area (Å²) in [5.74, 6) is 3.09. The first-order chi connectivity index (χ1) is 28.8. The Hall–Kier alpha value is -2.39. The summed E-state index contributed by atoms with van der Waals surface area (Å²) < 4.78 is 12.9. The summed E-state index contributed by atoms with van der Waals surface area (Å²) >= 11 is 24.1. The quantitative estimate of drug-likeness (QED) is 0.104. The highest BCUT2D eigenvalue weighted by Gasteiger charge is 2.65. The Balaban J connectivity index is 1.14. The molecule has 6 rings (SSSR count). The summed E-state index contributed by atoms with van der Waals surface area (Å²) in [6.07, 6.45) is 8.66. The molecule has 4 aliphatic carbocycles. The zero-order valence-corrected chi connectivity index (χ0v) is 38.8. The Kier molecular flexibility index (Phi) is 16.7. The van der Waals surface area contributed by atoms with Crippen molar-refractivity contribution in [1.82, 2.24) is 0 Å². The van der Waals surface area contributed by atoms with E-state index in [0.29, 0.717) is 79.8 Å². The van der Waals surface area contributed by atoms with Crippen molar-refractivity contribution >= 4 is 75.7 Å². The number of esters is 2. The molecule has 0 unspecified atom stereocenters. The van der Waals surface area contributed by atoms with Crippen molar-refractivity contribution < 1.29 is 29.0 Å². The Morgan fingerprint density at radius 1 is 0.717 bits per heavy atom. The number of carboxylic acids is 1. The van der Waals surface area contributed by atoms with Crippen molar-refractivity contribution in [1.29, 1.82) is 0 Å². The van der Waals surface area contributed by atoms with E-state index < -0.39 is 5.97 Å². The number of carbonyl (C=O) groups excluding carboxylic acids is 2. The summed E-state index contributed by atoms with van der Waals surface area (Å²) in [5, 5.41) is 9.58. The lowest BCUT2D eigenvalue weighted by Crippen LogP contribution is -2.59. The Morgan fingerprint density at radius 2 is 1.25 bits per heavy atom. The van der Waals surface area contributed by atoms with Crippen LogP contribution in [0.1, 0.15) is 96.1 Å². The number of hydrogen-bond donors (Lipinski definition) is 1. The van der Waals surface area contributed by atoms with E-state index in [1.165, 1.54) is 0 Å². The van der Waals surface area contributed by atoms with Crippen LogP contribution >= 0.6 is 46.4 Å².